The molecule has 1 N–H and O–H groups in total. The summed E-state index contributed by atoms with van der Waals surface area (Å²) >= 11 is 0. The molecule has 1 saturated carbocycles. The number of rotatable bonds is 3. The van der Waals surface area contributed by atoms with E-state index in [9.17, 15) is 9.59 Å². The van der Waals surface area contributed by atoms with Crippen LogP contribution in [0.4, 0.5) is 0 Å². The lowest BCUT2D eigenvalue weighted by molar-refractivity contribution is -0.146. The molecule has 1 aromatic rings. The third-order valence-corrected chi connectivity index (χ3v) is 4.85. The Morgan fingerprint density at radius 1 is 1.19 bits per heavy atom. The van der Waals surface area contributed by atoms with Crippen molar-refractivity contribution >= 4 is 11.9 Å². The monoisotopic (exact) mass is 287 g/mol. The standard InChI is InChI=1S/C17H21NO3/c1-11-4-2-3-5-13(11)14-10-15(14)16(19)18-8-6-12(7-9-18)17(20)21/h2-5,12,14-15H,6-10H2,1H3,(H,20,21)/t14-,15+/m1/s1. The molecule has 0 spiro atoms. The van der Waals surface area contributed by atoms with Gasteiger partial charge < -0.3 is 10.0 Å². The fourth-order valence-electron chi connectivity index (χ4n) is 3.40. The molecular formula is C17H21NO3. The van der Waals surface area contributed by atoms with Gasteiger partial charge in [0.1, 0.15) is 0 Å². The molecular weight excluding hydrogens is 266 g/mol. The molecule has 0 radical (unpaired) electrons. The number of likely N-dealkylation sites (tertiary alicyclic amines) is 1. The quantitative estimate of drug-likeness (QED) is 0.929. The van der Waals surface area contributed by atoms with E-state index in [1.165, 1.54) is 11.1 Å². The van der Waals surface area contributed by atoms with E-state index in [0.29, 0.717) is 31.8 Å². The normalized spacial score (nSPS) is 25.7. The molecule has 1 saturated heterocycles. The van der Waals surface area contributed by atoms with Gasteiger partial charge in [-0.25, -0.2) is 0 Å². The molecule has 4 heteroatoms. The fraction of sp³-hybridized carbons (Fsp3) is 0.529. The maximum atomic E-state index is 12.5. The highest BCUT2D eigenvalue weighted by Gasteiger charge is 2.46. The Bertz CT molecular complexity index is 561. The van der Waals surface area contributed by atoms with Crippen molar-refractivity contribution < 1.29 is 14.7 Å². The molecule has 1 heterocycles. The molecule has 1 amide bonds. The molecule has 1 aromatic carbocycles. The van der Waals surface area contributed by atoms with Gasteiger partial charge >= 0.3 is 5.97 Å². The molecule has 0 unspecified atom stereocenters. The predicted molar refractivity (Wildman–Crippen MR) is 79.0 cm³/mol. The zero-order chi connectivity index (χ0) is 15.0. The summed E-state index contributed by atoms with van der Waals surface area (Å²) in [5.41, 5.74) is 2.54. The van der Waals surface area contributed by atoms with E-state index in [4.69, 9.17) is 5.11 Å². The van der Waals surface area contributed by atoms with Crippen molar-refractivity contribution in [2.45, 2.75) is 32.1 Å². The number of aryl methyl sites for hydroxylation is 1. The van der Waals surface area contributed by atoms with Crippen LogP contribution in [0.5, 0.6) is 0 Å². The average Bonchev–Trinajstić information content (AvgIpc) is 3.27. The SMILES string of the molecule is Cc1ccccc1[C@H]1C[C@@H]1C(=O)N1CCC(C(=O)O)CC1. The van der Waals surface area contributed by atoms with Crippen LogP contribution in [0.15, 0.2) is 24.3 Å². The summed E-state index contributed by atoms with van der Waals surface area (Å²) in [6, 6.07) is 8.26. The minimum absolute atomic E-state index is 0.104. The van der Waals surface area contributed by atoms with E-state index in [-0.39, 0.29) is 17.7 Å². The number of aliphatic carboxylic acids is 1. The van der Waals surface area contributed by atoms with Gasteiger partial charge in [-0.05, 0) is 43.2 Å². The van der Waals surface area contributed by atoms with E-state index in [2.05, 4.69) is 19.1 Å². The molecule has 3 rings (SSSR count). The molecule has 2 aliphatic rings. The van der Waals surface area contributed by atoms with Crippen LogP contribution in [-0.2, 0) is 9.59 Å². The first-order valence-corrected chi connectivity index (χ1v) is 7.65. The highest BCUT2D eigenvalue weighted by molar-refractivity contribution is 5.83. The molecule has 0 bridgehead atoms. The second-order valence-electron chi connectivity index (χ2n) is 6.24. The Labute approximate surface area is 124 Å². The average molecular weight is 287 g/mol. The second-order valence-corrected chi connectivity index (χ2v) is 6.24. The number of nitrogens with zero attached hydrogens (tertiary/aromatic N) is 1. The number of amides is 1. The van der Waals surface area contributed by atoms with E-state index < -0.39 is 5.97 Å². The molecule has 112 valence electrons. The maximum absolute atomic E-state index is 12.5. The third kappa shape index (κ3) is 2.80. The van der Waals surface area contributed by atoms with Gasteiger partial charge in [0.25, 0.3) is 0 Å². The van der Waals surface area contributed by atoms with Crippen LogP contribution in [0.25, 0.3) is 0 Å². The smallest absolute Gasteiger partial charge is 0.306 e. The van der Waals surface area contributed by atoms with Crippen molar-refractivity contribution in [1.82, 2.24) is 4.90 Å². The van der Waals surface area contributed by atoms with Crippen molar-refractivity contribution in [2.75, 3.05) is 13.1 Å². The maximum Gasteiger partial charge on any atom is 0.306 e. The number of hydrogen-bond acceptors (Lipinski definition) is 2. The zero-order valence-corrected chi connectivity index (χ0v) is 12.3. The first kappa shape index (κ1) is 14.1. The predicted octanol–water partition coefficient (Wildman–Crippen LogP) is 2.42. The van der Waals surface area contributed by atoms with Crippen LogP contribution in [0, 0.1) is 18.8 Å². The first-order valence-electron chi connectivity index (χ1n) is 7.65. The van der Waals surface area contributed by atoms with Gasteiger partial charge in [0.05, 0.1) is 5.92 Å². The van der Waals surface area contributed by atoms with E-state index >= 15 is 0 Å². The van der Waals surface area contributed by atoms with Gasteiger partial charge in [0.2, 0.25) is 5.91 Å². The molecule has 2 fully saturated rings. The van der Waals surface area contributed by atoms with Gasteiger partial charge in [-0.15, -0.1) is 0 Å². The molecule has 4 nitrogen and oxygen atoms in total. The van der Waals surface area contributed by atoms with Gasteiger partial charge in [0.15, 0.2) is 0 Å². The van der Waals surface area contributed by atoms with Crippen molar-refractivity contribution in [2.24, 2.45) is 11.8 Å². The number of carboxylic acid groups (broad SMARTS) is 1. The summed E-state index contributed by atoms with van der Waals surface area (Å²) in [5.74, 6) is -0.331. The van der Waals surface area contributed by atoms with Gasteiger partial charge in [-0.3, -0.25) is 9.59 Å². The summed E-state index contributed by atoms with van der Waals surface area (Å²) in [7, 11) is 0. The minimum atomic E-state index is -0.730. The van der Waals surface area contributed by atoms with E-state index in [1.54, 1.807) is 0 Å². The minimum Gasteiger partial charge on any atom is -0.481 e. The Hall–Kier alpha value is -1.84. The Morgan fingerprint density at radius 2 is 1.86 bits per heavy atom. The second kappa shape index (κ2) is 5.51. The molecule has 2 atom stereocenters. The lowest BCUT2D eigenvalue weighted by atomic mass is 9.96. The number of carboxylic acids is 1. The molecule has 1 aliphatic carbocycles. The fourth-order valence-corrected chi connectivity index (χ4v) is 3.40. The number of carbonyl (C=O) groups excluding carboxylic acids is 1. The Kier molecular flexibility index (Phi) is 3.70. The first-order chi connectivity index (χ1) is 10.1. The van der Waals surface area contributed by atoms with Crippen LogP contribution < -0.4 is 0 Å². The molecule has 21 heavy (non-hydrogen) atoms. The van der Waals surface area contributed by atoms with E-state index in [0.717, 1.165) is 6.42 Å². The highest BCUT2D eigenvalue weighted by atomic mass is 16.4. The van der Waals surface area contributed by atoms with Crippen molar-refractivity contribution in [3.8, 4) is 0 Å². The largest absolute Gasteiger partial charge is 0.481 e. The number of benzene rings is 1. The number of hydrogen-bond donors (Lipinski definition) is 1. The lowest BCUT2D eigenvalue weighted by Gasteiger charge is -2.30. The van der Waals surface area contributed by atoms with E-state index in [1.807, 2.05) is 17.0 Å². The Morgan fingerprint density at radius 3 is 2.48 bits per heavy atom. The zero-order valence-electron chi connectivity index (χ0n) is 12.3. The van der Waals surface area contributed by atoms with Crippen LogP contribution >= 0.6 is 0 Å². The molecule has 1 aliphatic heterocycles. The van der Waals surface area contributed by atoms with Crippen LogP contribution in [-0.4, -0.2) is 35.0 Å². The summed E-state index contributed by atoms with van der Waals surface area (Å²) in [6.45, 7) is 3.27. The van der Waals surface area contributed by atoms with Crippen LogP contribution in [0.2, 0.25) is 0 Å². The number of carbonyl (C=O) groups is 2. The van der Waals surface area contributed by atoms with Crippen molar-refractivity contribution in [3.05, 3.63) is 35.4 Å². The van der Waals surface area contributed by atoms with Crippen LogP contribution in [0.1, 0.15) is 36.3 Å². The molecule has 0 aromatic heterocycles. The van der Waals surface area contributed by atoms with Gasteiger partial charge in [-0.1, -0.05) is 24.3 Å². The van der Waals surface area contributed by atoms with Crippen LogP contribution in [0.3, 0.4) is 0 Å². The topological polar surface area (TPSA) is 57.6 Å². The summed E-state index contributed by atoms with van der Waals surface area (Å²) < 4.78 is 0. The van der Waals surface area contributed by atoms with Crippen molar-refractivity contribution in [1.29, 1.82) is 0 Å². The summed E-state index contributed by atoms with van der Waals surface area (Å²) in [6.07, 6.45) is 2.11. The summed E-state index contributed by atoms with van der Waals surface area (Å²) in [5, 5.41) is 9.00. The highest BCUT2D eigenvalue weighted by Crippen LogP contribution is 2.49. The van der Waals surface area contributed by atoms with Gasteiger partial charge in [0, 0.05) is 19.0 Å². The summed E-state index contributed by atoms with van der Waals surface area (Å²) in [4.78, 5) is 25.3. The number of piperidine rings is 1. The Balaban J connectivity index is 1.59. The van der Waals surface area contributed by atoms with Crippen molar-refractivity contribution in [3.63, 3.8) is 0 Å². The van der Waals surface area contributed by atoms with Gasteiger partial charge in [-0.2, -0.15) is 0 Å². The third-order valence-electron chi connectivity index (χ3n) is 4.85. The lowest BCUT2D eigenvalue weighted by Crippen LogP contribution is -2.41.